The molecule has 1 fully saturated rings. The number of carbonyl (C=O) groups excluding carboxylic acids is 2. The Morgan fingerprint density at radius 3 is 2.61 bits per heavy atom. The number of aliphatic hydroxyl groups is 2. The minimum Gasteiger partial charge on any atom is -0.504 e. The summed E-state index contributed by atoms with van der Waals surface area (Å²) in [6.07, 6.45) is -5.87. The van der Waals surface area contributed by atoms with E-state index in [1.807, 2.05) is 0 Å². The smallest absolute Gasteiger partial charge is 0.339 e. The summed E-state index contributed by atoms with van der Waals surface area (Å²) >= 11 is 0. The number of hydrogen-bond donors (Lipinski definition) is 4. The third-order valence-electron chi connectivity index (χ3n) is 4.78. The molecule has 154 valence electrons. The highest BCUT2D eigenvalue weighted by atomic mass is 16.6. The number of phenolic OH excluding ortho intramolecular Hbond substituents is 2. The lowest BCUT2D eigenvalue weighted by Gasteiger charge is -2.44. The van der Waals surface area contributed by atoms with E-state index in [9.17, 15) is 30.0 Å². The predicted molar refractivity (Wildman–Crippen MR) is 91.0 cm³/mol. The van der Waals surface area contributed by atoms with Gasteiger partial charge in [0, 0.05) is 12.0 Å². The van der Waals surface area contributed by atoms with Crippen LogP contribution in [0, 0.1) is 0 Å². The summed E-state index contributed by atoms with van der Waals surface area (Å²) < 4.78 is 20.9. The van der Waals surface area contributed by atoms with Crippen LogP contribution in [0.1, 0.15) is 41.8 Å². The number of carbonyl (C=O) groups is 2. The van der Waals surface area contributed by atoms with Crippen LogP contribution in [0.25, 0.3) is 0 Å². The first kappa shape index (κ1) is 20.2. The Bertz CT molecular complexity index is 776. The summed E-state index contributed by atoms with van der Waals surface area (Å²) in [5.41, 5.74) is -0.214. The van der Waals surface area contributed by atoms with Crippen LogP contribution < -0.4 is 4.74 Å². The number of esters is 2. The molecule has 2 aliphatic heterocycles. The molecule has 0 amide bonds. The predicted octanol–water partition coefficient (Wildman–Crippen LogP) is 0.150. The number of ether oxygens (including phenoxy) is 4. The Morgan fingerprint density at radius 1 is 1.25 bits per heavy atom. The van der Waals surface area contributed by atoms with Gasteiger partial charge in [0.05, 0.1) is 12.7 Å². The van der Waals surface area contributed by atoms with Crippen molar-refractivity contribution in [2.75, 3.05) is 13.7 Å². The lowest BCUT2D eigenvalue weighted by atomic mass is 9.86. The van der Waals surface area contributed by atoms with Crippen LogP contribution in [0.3, 0.4) is 0 Å². The van der Waals surface area contributed by atoms with Crippen LogP contribution in [-0.4, -0.2) is 70.5 Å². The van der Waals surface area contributed by atoms with Crippen molar-refractivity contribution < 1.29 is 49.0 Å². The second-order valence-electron chi connectivity index (χ2n) is 6.62. The molecule has 0 bridgehead atoms. The number of aliphatic hydroxyl groups excluding tert-OH is 2. The maximum atomic E-state index is 12.3. The van der Waals surface area contributed by atoms with E-state index >= 15 is 0 Å². The molecule has 10 nitrogen and oxygen atoms in total. The number of methoxy groups -OCH3 is 1. The van der Waals surface area contributed by atoms with E-state index in [4.69, 9.17) is 18.9 Å². The minimum absolute atomic E-state index is 0.0493. The molecule has 0 unspecified atom stereocenters. The first-order valence-electron chi connectivity index (χ1n) is 8.81. The molecule has 0 aromatic heterocycles. The largest absolute Gasteiger partial charge is 0.504 e. The number of rotatable bonds is 5. The number of fused-ring (bicyclic) bond motifs is 3. The van der Waals surface area contributed by atoms with Crippen molar-refractivity contribution in [2.24, 2.45) is 0 Å². The molecule has 1 aromatic rings. The van der Waals surface area contributed by atoms with Crippen LogP contribution >= 0.6 is 0 Å². The Hall–Kier alpha value is -2.56. The van der Waals surface area contributed by atoms with E-state index in [2.05, 4.69) is 0 Å². The summed E-state index contributed by atoms with van der Waals surface area (Å²) in [5.74, 6) is -2.70. The van der Waals surface area contributed by atoms with Gasteiger partial charge in [0.15, 0.2) is 17.6 Å². The van der Waals surface area contributed by atoms with Gasteiger partial charge in [-0.05, 0) is 12.5 Å². The van der Waals surface area contributed by atoms with Gasteiger partial charge >= 0.3 is 11.9 Å². The van der Waals surface area contributed by atoms with Crippen LogP contribution in [0.5, 0.6) is 17.2 Å². The molecule has 3 rings (SSSR count). The molecule has 5 atom stereocenters. The Morgan fingerprint density at radius 2 is 1.96 bits per heavy atom. The molecule has 0 aliphatic carbocycles. The summed E-state index contributed by atoms with van der Waals surface area (Å²) in [5, 5.41) is 41.1. The molecule has 2 aliphatic rings. The topological polar surface area (TPSA) is 152 Å². The van der Waals surface area contributed by atoms with E-state index < -0.39 is 54.0 Å². The fraction of sp³-hybridized carbons (Fsp3) is 0.556. The third kappa shape index (κ3) is 3.34. The van der Waals surface area contributed by atoms with Crippen LogP contribution in [-0.2, 0) is 19.0 Å². The highest BCUT2D eigenvalue weighted by Crippen LogP contribution is 2.49. The summed E-state index contributed by atoms with van der Waals surface area (Å²) in [4.78, 5) is 23.9. The molecule has 1 saturated heterocycles. The summed E-state index contributed by atoms with van der Waals surface area (Å²) in [6, 6.07) is 1.06. The van der Waals surface area contributed by atoms with Gasteiger partial charge < -0.3 is 39.4 Å². The first-order chi connectivity index (χ1) is 13.3. The molecule has 0 saturated carbocycles. The lowest BCUT2D eigenvalue weighted by molar-refractivity contribution is -0.237. The average Bonchev–Trinajstić information content (AvgIpc) is 2.65. The van der Waals surface area contributed by atoms with Crippen LogP contribution in [0.4, 0.5) is 0 Å². The van der Waals surface area contributed by atoms with E-state index in [-0.39, 0.29) is 29.9 Å². The zero-order valence-corrected chi connectivity index (χ0v) is 15.3. The van der Waals surface area contributed by atoms with E-state index in [1.54, 1.807) is 6.92 Å². The summed E-state index contributed by atoms with van der Waals surface area (Å²) in [6.45, 7) is 1.47. The van der Waals surface area contributed by atoms with E-state index in [0.29, 0.717) is 6.42 Å². The van der Waals surface area contributed by atoms with Crippen molar-refractivity contribution >= 4 is 11.9 Å². The molecular formula is C18H22O10. The fourth-order valence-corrected chi connectivity index (χ4v) is 3.39. The highest BCUT2D eigenvalue weighted by Gasteiger charge is 2.52. The zero-order valence-electron chi connectivity index (χ0n) is 15.3. The molecule has 4 N–H and O–H groups in total. The van der Waals surface area contributed by atoms with Gasteiger partial charge in [0.25, 0.3) is 0 Å². The first-order valence-corrected chi connectivity index (χ1v) is 8.81. The quantitative estimate of drug-likeness (QED) is 0.504. The lowest BCUT2D eigenvalue weighted by Crippen LogP contribution is -2.58. The second kappa shape index (κ2) is 7.82. The zero-order chi connectivity index (χ0) is 20.6. The fourth-order valence-electron chi connectivity index (χ4n) is 3.39. The van der Waals surface area contributed by atoms with Gasteiger partial charge in [0.1, 0.15) is 31.0 Å². The van der Waals surface area contributed by atoms with Crippen LogP contribution in [0.15, 0.2) is 6.07 Å². The van der Waals surface area contributed by atoms with Gasteiger partial charge in [0.2, 0.25) is 5.75 Å². The van der Waals surface area contributed by atoms with Crippen LogP contribution in [0.2, 0.25) is 0 Å². The Balaban J connectivity index is 1.94. The van der Waals surface area contributed by atoms with Crippen molar-refractivity contribution in [3.8, 4) is 17.2 Å². The highest BCUT2D eigenvalue weighted by molar-refractivity contribution is 5.95. The van der Waals surface area contributed by atoms with Crippen molar-refractivity contribution in [1.82, 2.24) is 0 Å². The standard InChI is InChI=1S/C18H22O10/c1-3-4-10(20)26-6-9-12(21)14(23)17-16(27-9)11-7(18(24)28-17)5-8(19)15(25-2)13(11)22/h5,9,12,14,16-17,19,21-23H,3-4,6H2,1-2H3/t9-,12-,14+,16+,17-/m1/s1. The molecule has 10 heteroatoms. The van der Waals surface area contributed by atoms with Gasteiger partial charge in [-0.1, -0.05) is 6.92 Å². The van der Waals surface area contributed by atoms with E-state index in [0.717, 1.165) is 6.07 Å². The van der Waals surface area contributed by atoms with Gasteiger partial charge in [-0.2, -0.15) is 0 Å². The van der Waals surface area contributed by atoms with Crippen molar-refractivity contribution in [3.63, 3.8) is 0 Å². The van der Waals surface area contributed by atoms with E-state index in [1.165, 1.54) is 7.11 Å². The maximum Gasteiger partial charge on any atom is 0.339 e. The molecule has 0 radical (unpaired) electrons. The molecule has 28 heavy (non-hydrogen) atoms. The average molecular weight is 398 g/mol. The normalized spacial score (nSPS) is 28.7. The summed E-state index contributed by atoms with van der Waals surface area (Å²) in [7, 11) is 1.22. The monoisotopic (exact) mass is 398 g/mol. The number of phenols is 2. The maximum absolute atomic E-state index is 12.3. The SMILES string of the molecule is CCCC(=O)OC[C@H]1O[C@H]2c3c(cc(O)c(OC)c3O)C(=O)O[C@@H]2[C@@H](O)[C@@H]1O. The van der Waals surface area contributed by atoms with Gasteiger partial charge in [-0.3, -0.25) is 4.79 Å². The third-order valence-corrected chi connectivity index (χ3v) is 4.78. The van der Waals surface area contributed by atoms with Crippen molar-refractivity contribution in [2.45, 2.75) is 50.3 Å². The Kier molecular flexibility index (Phi) is 5.64. The molecular weight excluding hydrogens is 376 g/mol. The Labute approximate surface area is 160 Å². The number of aromatic hydroxyl groups is 2. The minimum atomic E-state index is -1.55. The molecule has 1 aromatic carbocycles. The van der Waals surface area contributed by atoms with Gasteiger partial charge in [-0.15, -0.1) is 0 Å². The number of benzene rings is 1. The van der Waals surface area contributed by atoms with Crippen molar-refractivity contribution in [3.05, 3.63) is 17.2 Å². The van der Waals surface area contributed by atoms with Crippen molar-refractivity contribution in [1.29, 1.82) is 0 Å². The number of hydrogen-bond acceptors (Lipinski definition) is 10. The second-order valence-corrected chi connectivity index (χ2v) is 6.62. The molecule has 0 spiro atoms. The molecule has 2 heterocycles. The van der Waals surface area contributed by atoms with Gasteiger partial charge in [-0.25, -0.2) is 4.79 Å².